The normalized spacial score (nSPS) is 23.0. The van der Waals surface area contributed by atoms with Crippen molar-refractivity contribution in [1.29, 1.82) is 0 Å². The Bertz CT molecular complexity index is 499. The van der Waals surface area contributed by atoms with Crippen LogP contribution in [-0.4, -0.2) is 37.0 Å². The molecule has 1 aromatic rings. The Kier molecular flexibility index (Phi) is 6.05. The van der Waals surface area contributed by atoms with Gasteiger partial charge in [-0.25, -0.2) is 0 Å². The standard InChI is InChI=1S/C19H32N4/c1-15-10-16(2)12-23(11-15)18(21-14-19(3,4)13-20)22-17-8-6-5-7-9-17/h5-9,15-16H,10-14,20H2,1-4H3,(H,21,22). The fourth-order valence-corrected chi connectivity index (χ4v) is 3.06. The molecule has 4 nitrogen and oxygen atoms in total. The maximum absolute atomic E-state index is 5.86. The molecule has 0 bridgehead atoms. The quantitative estimate of drug-likeness (QED) is 0.661. The summed E-state index contributed by atoms with van der Waals surface area (Å²) in [6, 6.07) is 10.3. The van der Waals surface area contributed by atoms with Crippen molar-refractivity contribution in [2.45, 2.75) is 34.1 Å². The Morgan fingerprint density at radius 2 is 1.83 bits per heavy atom. The van der Waals surface area contributed by atoms with Crippen LogP contribution in [0.25, 0.3) is 0 Å². The van der Waals surface area contributed by atoms with Crippen LogP contribution >= 0.6 is 0 Å². The summed E-state index contributed by atoms with van der Waals surface area (Å²) in [4.78, 5) is 7.31. The molecule has 0 saturated carbocycles. The van der Waals surface area contributed by atoms with E-state index in [1.807, 2.05) is 18.2 Å². The number of likely N-dealkylation sites (tertiary alicyclic amines) is 1. The number of hydrogen-bond acceptors (Lipinski definition) is 2. The van der Waals surface area contributed by atoms with Crippen LogP contribution in [0.15, 0.2) is 35.3 Å². The van der Waals surface area contributed by atoms with Crippen LogP contribution in [0, 0.1) is 17.3 Å². The van der Waals surface area contributed by atoms with Crippen molar-refractivity contribution in [3.8, 4) is 0 Å². The van der Waals surface area contributed by atoms with Gasteiger partial charge in [-0.05, 0) is 42.3 Å². The topological polar surface area (TPSA) is 53.6 Å². The first-order valence-electron chi connectivity index (χ1n) is 8.71. The van der Waals surface area contributed by atoms with E-state index in [-0.39, 0.29) is 5.41 Å². The first-order chi connectivity index (χ1) is 10.9. The molecule has 0 radical (unpaired) electrons. The predicted molar refractivity (Wildman–Crippen MR) is 99.7 cm³/mol. The van der Waals surface area contributed by atoms with Crippen molar-refractivity contribution < 1.29 is 0 Å². The van der Waals surface area contributed by atoms with Gasteiger partial charge in [0.1, 0.15) is 0 Å². The summed E-state index contributed by atoms with van der Waals surface area (Å²) in [5, 5.41) is 3.52. The summed E-state index contributed by atoms with van der Waals surface area (Å²) in [5.41, 5.74) is 6.97. The monoisotopic (exact) mass is 316 g/mol. The number of guanidine groups is 1. The van der Waals surface area contributed by atoms with Crippen LogP contribution in [0.2, 0.25) is 0 Å². The highest BCUT2D eigenvalue weighted by Crippen LogP contribution is 2.22. The highest BCUT2D eigenvalue weighted by molar-refractivity contribution is 5.93. The zero-order valence-corrected chi connectivity index (χ0v) is 15.0. The van der Waals surface area contributed by atoms with Crippen LogP contribution < -0.4 is 11.1 Å². The van der Waals surface area contributed by atoms with E-state index in [9.17, 15) is 0 Å². The minimum atomic E-state index is 0.0244. The minimum Gasteiger partial charge on any atom is -0.342 e. The molecule has 3 N–H and O–H groups in total. The summed E-state index contributed by atoms with van der Waals surface area (Å²) in [6.07, 6.45) is 1.30. The Morgan fingerprint density at radius 3 is 2.39 bits per heavy atom. The van der Waals surface area contributed by atoms with Gasteiger partial charge in [-0.15, -0.1) is 0 Å². The molecular formula is C19H32N4. The van der Waals surface area contributed by atoms with Gasteiger partial charge in [0.2, 0.25) is 0 Å². The van der Waals surface area contributed by atoms with Crippen molar-refractivity contribution in [3.05, 3.63) is 30.3 Å². The second kappa shape index (κ2) is 7.82. The molecule has 23 heavy (non-hydrogen) atoms. The fraction of sp³-hybridized carbons (Fsp3) is 0.632. The first kappa shape index (κ1) is 17.8. The molecule has 2 unspecified atom stereocenters. The molecule has 0 spiro atoms. The number of hydrogen-bond donors (Lipinski definition) is 2. The molecule has 0 aromatic heterocycles. The van der Waals surface area contributed by atoms with Crippen LogP contribution in [-0.2, 0) is 0 Å². The summed E-state index contributed by atoms with van der Waals surface area (Å²) in [5.74, 6) is 2.38. The smallest absolute Gasteiger partial charge is 0.198 e. The zero-order chi connectivity index (χ0) is 16.9. The second-order valence-electron chi connectivity index (χ2n) is 7.85. The van der Waals surface area contributed by atoms with E-state index in [0.717, 1.165) is 31.3 Å². The lowest BCUT2D eigenvalue weighted by atomic mass is 9.92. The van der Waals surface area contributed by atoms with Crippen LogP contribution in [0.3, 0.4) is 0 Å². The zero-order valence-electron chi connectivity index (χ0n) is 15.0. The molecular weight excluding hydrogens is 284 g/mol. The third-order valence-corrected chi connectivity index (χ3v) is 4.41. The fourth-order valence-electron chi connectivity index (χ4n) is 3.06. The highest BCUT2D eigenvalue weighted by atomic mass is 15.3. The number of para-hydroxylation sites is 1. The van der Waals surface area contributed by atoms with Gasteiger partial charge in [-0.2, -0.15) is 0 Å². The molecule has 1 aliphatic heterocycles. The maximum Gasteiger partial charge on any atom is 0.198 e. The number of rotatable bonds is 4. The first-order valence-corrected chi connectivity index (χ1v) is 8.71. The highest BCUT2D eigenvalue weighted by Gasteiger charge is 2.25. The van der Waals surface area contributed by atoms with Crippen LogP contribution in [0.5, 0.6) is 0 Å². The molecule has 4 heteroatoms. The predicted octanol–water partition coefficient (Wildman–Crippen LogP) is 3.42. The molecule has 128 valence electrons. The SMILES string of the molecule is CC1CC(C)CN(C(=NCC(C)(C)CN)Nc2ccccc2)C1. The van der Waals surface area contributed by atoms with Crippen LogP contribution in [0.1, 0.15) is 34.1 Å². The lowest BCUT2D eigenvalue weighted by Crippen LogP contribution is -2.46. The molecule has 2 atom stereocenters. The maximum atomic E-state index is 5.86. The summed E-state index contributed by atoms with van der Waals surface area (Å²) < 4.78 is 0. The number of nitrogens with one attached hydrogen (secondary N) is 1. The van der Waals surface area contributed by atoms with Gasteiger partial charge in [-0.3, -0.25) is 4.99 Å². The Morgan fingerprint density at radius 1 is 1.22 bits per heavy atom. The second-order valence-corrected chi connectivity index (χ2v) is 7.85. The van der Waals surface area contributed by atoms with E-state index < -0.39 is 0 Å². The van der Waals surface area contributed by atoms with Crippen molar-refractivity contribution in [1.82, 2.24) is 4.90 Å². The van der Waals surface area contributed by atoms with E-state index in [1.54, 1.807) is 0 Å². The Balaban J connectivity index is 2.18. The summed E-state index contributed by atoms with van der Waals surface area (Å²) >= 11 is 0. The largest absolute Gasteiger partial charge is 0.342 e. The third kappa shape index (κ3) is 5.54. The molecule has 1 aromatic carbocycles. The van der Waals surface area contributed by atoms with Gasteiger partial charge >= 0.3 is 0 Å². The lowest BCUT2D eigenvalue weighted by Gasteiger charge is -2.37. The number of benzene rings is 1. The number of aliphatic imine (C=N–C) groups is 1. The van der Waals surface area contributed by atoms with E-state index >= 15 is 0 Å². The Hall–Kier alpha value is -1.55. The molecule has 1 fully saturated rings. The van der Waals surface area contributed by atoms with Gasteiger partial charge in [-0.1, -0.05) is 45.9 Å². The molecule has 0 aliphatic carbocycles. The lowest BCUT2D eigenvalue weighted by molar-refractivity contribution is 0.212. The molecule has 1 saturated heterocycles. The van der Waals surface area contributed by atoms with Gasteiger partial charge in [0, 0.05) is 25.3 Å². The number of nitrogens with two attached hydrogens (primary N) is 1. The van der Waals surface area contributed by atoms with Crippen molar-refractivity contribution in [3.63, 3.8) is 0 Å². The third-order valence-electron chi connectivity index (χ3n) is 4.41. The molecule has 1 heterocycles. The number of piperidine rings is 1. The minimum absolute atomic E-state index is 0.0244. The van der Waals surface area contributed by atoms with E-state index in [1.165, 1.54) is 6.42 Å². The summed E-state index contributed by atoms with van der Waals surface area (Å²) in [6.45, 7) is 12.5. The van der Waals surface area contributed by atoms with Gasteiger partial charge in [0.05, 0.1) is 0 Å². The van der Waals surface area contributed by atoms with E-state index in [2.05, 4.69) is 50.0 Å². The van der Waals surface area contributed by atoms with Crippen molar-refractivity contribution in [2.75, 3.05) is 31.5 Å². The molecule has 0 amide bonds. The van der Waals surface area contributed by atoms with E-state index in [4.69, 9.17) is 10.7 Å². The average Bonchev–Trinajstić information content (AvgIpc) is 2.51. The Labute approximate surface area is 141 Å². The van der Waals surface area contributed by atoms with E-state index in [0.29, 0.717) is 18.4 Å². The summed E-state index contributed by atoms with van der Waals surface area (Å²) in [7, 11) is 0. The number of anilines is 1. The van der Waals surface area contributed by atoms with Crippen molar-refractivity contribution >= 4 is 11.6 Å². The number of nitrogens with zero attached hydrogens (tertiary/aromatic N) is 2. The van der Waals surface area contributed by atoms with Gasteiger partial charge in [0.25, 0.3) is 0 Å². The van der Waals surface area contributed by atoms with Crippen LogP contribution in [0.4, 0.5) is 5.69 Å². The molecule has 1 aliphatic rings. The molecule has 2 rings (SSSR count). The van der Waals surface area contributed by atoms with Gasteiger partial charge < -0.3 is 16.0 Å². The van der Waals surface area contributed by atoms with Gasteiger partial charge in [0.15, 0.2) is 5.96 Å². The van der Waals surface area contributed by atoms with Crippen molar-refractivity contribution in [2.24, 2.45) is 28.0 Å². The average molecular weight is 316 g/mol.